The lowest BCUT2D eigenvalue weighted by atomic mass is 10.3. The zero-order valence-corrected chi connectivity index (χ0v) is 6.86. The summed E-state index contributed by atoms with van der Waals surface area (Å²) in [7, 11) is 0. The molecule has 0 saturated heterocycles. The largest absolute Gasteiger partial charge is 0.329 e. The van der Waals surface area contributed by atoms with Crippen molar-refractivity contribution in [2.24, 2.45) is 0 Å². The molecule has 0 fully saturated rings. The Labute approximate surface area is 69.4 Å². The van der Waals surface area contributed by atoms with E-state index in [1.54, 1.807) is 0 Å². The highest BCUT2D eigenvalue weighted by Gasteiger charge is 2.10. The maximum atomic E-state index is 12.0. The standard InChI is InChI=1S/C6H4BrF2NO/c7-4-1-5(11)10-2-3(4)6(8)9/h1-2,6H,(H,10,11). The van der Waals surface area contributed by atoms with Crippen molar-refractivity contribution in [3.05, 3.63) is 32.7 Å². The first kappa shape index (κ1) is 8.39. The molecule has 5 heteroatoms. The van der Waals surface area contributed by atoms with Crippen molar-refractivity contribution in [2.75, 3.05) is 0 Å². The lowest BCUT2D eigenvalue weighted by Gasteiger charge is -1.99. The molecule has 0 aliphatic rings. The molecule has 60 valence electrons. The fourth-order valence-electron chi connectivity index (χ4n) is 0.625. The molecule has 0 aliphatic carbocycles. The van der Waals surface area contributed by atoms with Gasteiger partial charge in [-0.1, -0.05) is 15.9 Å². The zero-order chi connectivity index (χ0) is 8.43. The normalized spacial score (nSPS) is 10.5. The second-order valence-corrected chi connectivity index (χ2v) is 2.76. The summed E-state index contributed by atoms with van der Waals surface area (Å²) in [5.74, 6) is 0. The van der Waals surface area contributed by atoms with E-state index in [2.05, 4.69) is 20.9 Å². The first-order chi connectivity index (χ1) is 5.11. The molecule has 0 aliphatic heterocycles. The average Bonchev–Trinajstić information content (AvgIpc) is 1.85. The molecule has 0 atom stereocenters. The number of pyridine rings is 1. The maximum Gasteiger partial charge on any atom is 0.266 e. The topological polar surface area (TPSA) is 32.9 Å². The van der Waals surface area contributed by atoms with Gasteiger partial charge in [-0.15, -0.1) is 0 Å². The van der Waals surface area contributed by atoms with Crippen LogP contribution in [0.2, 0.25) is 0 Å². The van der Waals surface area contributed by atoms with Crippen LogP contribution in [0.15, 0.2) is 21.5 Å². The van der Waals surface area contributed by atoms with E-state index in [0.29, 0.717) is 0 Å². The third-order valence-corrected chi connectivity index (χ3v) is 1.83. The maximum absolute atomic E-state index is 12.0. The number of halogens is 3. The molecule has 1 aromatic heterocycles. The van der Waals surface area contributed by atoms with Gasteiger partial charge >= 0.3 is 0 Å². The van der Waals surface area contributed by atoms with E-state index in [0.717, 1.165) is 12.3 Å². The Morgan fingerprint density at radius 1 is 1.55 bits per heavy atom. The van der Waals surface area contributed by atoms with E-state index in [9.17, 15) is 13.6 Å². The van der Waals surface area contributed by atoms with Crippen molar-refractivity contribution < 1.29 is 8.78 Å². The van der Waals surface area contributed by atoms with Crippen LogP contribution >= 0.6 is 15.9 Å². The third-order valence-electron chi connectivity index (χ3n) is 1.14. The lowest BCUT2D eigenvalue weighted by Crippen LogP contribution is -2.04. The first-order valence-corrected chi connectivity index (χ1v) is 3.57. The molecule has 0 bridgehead atoms. The second kappa shape index (κ2) is 3.13. The Hall–Kier alpha value is -0.710. The minimum atomic E-state index is -2.57. The molecule has 0 saturated carbocycles. The van der Waals surface area contributed by atoms with E-state index >= 15 is 0 Å². The molecule has 0 amide bonds. The van der Waals surface area contributed by atoms with Crippen LogP contribution in [0.5, 0.6) is 0 Å². The van der Waals surface area contributed by atoms with Crippen molar-refractivity contribution in [3.8, 4) is 0 Å². The number of H-pyrrole nitrogens is 1. The van der Waals surface area contributed by atoms with Gasteiger partial charge in [0.05, 0.1) is 0 Å². The summed E-state index contributed by atoms with van der Waals surface area (Å²) < 4.78 is 24.2. The molecule has 0 radical (unpaired) electrons. The average molecular weight is 224 g/mol. The minimum Gasteiger partial charge on any atom is -0.329 e. The SMILES string of the molecule is O=c1cc(Br)c(C(F)F)c[nH]1. The summed E-state index contributed by atoms with van der Waals surface area (Å²) in [6, 6.07) is 1.07. The Kier molecular flexibility index (Phi) is 2.38. The predicted octanol–water partition coefficient (Wildman–Crippen LogP) is 2.07. The van der Waals surface area contributed by atoms with Crippen LogP contribution in [0.3, 0.4) is 0 Å². The van der Waals surface area contributed by atoms with Gasteiger partial charge in [-0.25, -0.2) is 8.78 Å². The summed E-state index contributed by atoms with van der Waals surface area (Å²) in [6.45, 7) is 0. The summed E-state index contributed by atoms with van der Waals surface area (Å²) >= 11 is 2.85. The Bertz CT molecular complexity index is 310. The number of nitrogens with one attached hydrogen (secondary N) is 1. The summed E-state index contributed by atoms with van der Waals surface area (Å²) in [6.07, 6.45) is -1.57. The highest BCUT2D eigenvalue weighted by atomic mass is 79.9. The number of hydrogen-bond acceptors (Lipinski definition) is 1. The van der Waals surface area contributed by atoms with Crippen molar-refractivity contribution in [3.63, 3.8) is 0 Å². The van der Waals surface area contributed by atoms with Crippen LogP contribution in [-0.4, -0.2) is 4.98 Å². The number of alkyl halides is 2. The highest BCUT2D eigenvalue weighted by molar-refractivity contribution is 9.10. The molecule has 1 N–H and O–H groups in total. The fourth-order valence-corrected chi connectivity index (χ4v) is 1.12. The van der Waals surface area contributed by atoms with Crippen molar-refractivity contribution in [2.45, 2.75) is 6.43 Å². The molecule has 0 aromatic carbocycles. The summed E-state index contributed by atoms with van der Waals surface area (Å²) in [5.41, 5.74) is -0.606. The molecule has 0 unspecified atom stereocenters. The number of aromatic amines is 1. The molecule has 0 spiro atoms. The van der Waals surface area contributed by atoms with Gasteiger partial charge in [0.2, 0.25) is 5.56 Å². The van der Waals surface area contributed by atoms with Gasteiger partial charge < -0.3 is 4.98 Å². The lowest BCUT2D eigenvalue weighted by molar-refractivity contribution is 0.150. The molecule has 1 aromatic rings. The number of rotatable bonds is 1. The van der Waals surface area contributed by atoms with Gasteiger partial charge in [-0.05, 0) is 0 Å². The van der Waals surface area contributed by atoms with E-state index < -0.39 is 12.0 Å². The van der Waals surface area contributed by atoms with Crippen LogP contribution in [0.25, 0.3) is 0 Å². The molecule has 1 heterocycles. The first-order valence-electron chi connectivity index (χ1n) is 2.77. The Balaban J connectivity index is 3.20. The van der Waals surface area contributed by atoms with Crippen LogP contribution in [0.1, 0.15) is 12.0 Å². The Morgan fingerprint density at radius 3 is 2.64 bits per heavy atom. The van der Waals surface area contributed by atoms with E-state index in [-0.39, 0.29) is 10.0 Å². The van der Waals surface area contributed by atoms with Crippen molar-refractivity contribution in [1.29, 1.82) is 0 Å². The van der Waals surface area contributed by atoms with Gasteiger partial charge in [0.25, 0.3) is 6.43 Å². The third kappa shape index (κ3) is 1.86. The molecular weight excluding hydrogens is 220 g/mol. The van der Waals surface area contributed by atoms with E-state index in [1.165, 1.54) is 0 Å². The minimum absolute atomic E-state index is 0.135. The monoisotopic (exact) mass is 223 g/mol. The molecule has 11 heavy (non-hydrogen) atoms. The summed E-state index contributed by atoms with van der Waals surface area (Å²) in [4.78, 5) is 12.7. The predicted molar refractivity (Wildman–Crippen MR) is 39.7 cm³/mol. The second-order valence-electron chi connectivity index (χ2n) is 1.90. The van der Waals surface area contributed by atoms with E-state index in [4.69, 9.17) is 0 Å². The van der Waals surface area contributed by atoms with Crippen molar-refractivity contribution >= 4 is 15.9 Å². The van der Waals surface area contributed by atoms with Gasteiger partial charge in [0, 0.05) is 22.3 Å². The van der Waals surface area contributed by atoms with Gasteiger partial charge in [-0.3, -0.25) is 4.79 Å². The van der Waals surface area contributed by atoms with Crippen LogP contribution in [0.4, 0.5) is 8.78 Å². The Morgan fingerprint density at radius 2 is 2.18 bits per heavy atom. The van der Waals surface area contributed by atoms with Crippen molar-refractivity contribution in [1.82, 2.24) is 4.98 Å². The number of aromatic nitrogens is 1. The van der Waals surface area contributed by atoms with Crippen LogP contribution < -0.4 is 5.56 Å². The smallest absolute Gasteiger partial charge is 0.266 e. The molecular formula is C6H4BrF2NO. The fraction of sp³-hybridized carbons (Fsp3) is 0.167. The zero-order valence-electron chi connectivity index (χ0n) is 5.27. The van der Waals surface area contributed by atoms with Gasteiger partial charge in [-0.2, -0.15) is 0 Å². The van der Waals surface area contributed by atoms with Crippen LogP contribution in [0, 0.1) is 0 Å². The summed E-state index contributed by atoms with van der Waals surface area (Å²) in [5, 5.41) is 0. The van der Waals surface area contributed by atoms with E-state index in [1.807, 2.05) is 0 Å². The van der Waals surface area contributed by atoms with Gasteiger partial charge in [0.1, 0.15) is 0 Å². The number of hydrogen-bond donors (Lipinski definition) is 1. The molecule has 1 rings (SSSR count). The highest BCUT2D eigenvalue weighted by Crippen LogP contribution is 2.24. The van der Waals surface area contributed by atoms with Crippen LogP contribution in [-0.2, 0) is 0 Å². The van der Waals surface area contributed by atoms with Gasteiger partial charge in [0.15, 0.2) is 0 Å². The quantitative estimate of drug-likeness (QED) is 0.778. The molecule has 2 nitrogen and oxygen atoms in total.